The number of benzene rings is 1. The maximum Gasteiger partial charge on any atom is 0.326 e. The predicted molar refractivity (Wildman–Crippen MR) is 97.4 cm³/mol. The van der Waals surface area contributed by atoms with Gasteiger partial charge in [-0.15, -0.1) is 0 Å². The molecule has 3 unspecified atom stereocenters. The van der Waals surface area contributed by atoms with E-state index in [1.165, 1.54) is 4.90 Å². The highest BCUT2D eigenvalue weighted by Gasteiger charge is 2.49. The number of likely N-dealkylation sites (tertiary alicyclic amines) is 1. The van der Waals surface area contributed by atoms with Crippen molar-refractivity contribution in [3.05, 3.63) is 45.0 Å². The molecule has 1 saturated heterocycles. The van der Waals surface area contributed by atoms with E-state index in [2.05, 4.69) is 5.10 Å². The van der Waals surface area contributed by atoms with Crippen molar-refractivity contribution in [1.82, 2.24) is 14.7 Å². The van der Waals surface area contributed by atoms with Gasteiger partial charge in [-0.25, -0.2) is 9.48 Å². The van der Waals surface area contributed by atoms with E-state index in [0.29, 0.717) is 17.3 Å². The second kappa shape index (κ2) is 6.68. The molecule has 1 aliphatic heterocycles. The number of nitrogens with zero attached hydrogens (tertiary/aromatic N) is 2. The van der Waals surface area contributed by atoms with Crippen molar-refractivity contribution in [3.8, 4) is 0 Å². The molecule has 0 spiro atoms. The van der Waals surface area contributed by atoms with Crippen LogP contribution < -0.4 is 11.1 Å². The van der Waals surface area contributed by atoms with Crippen LogP contribution in [-0.4, -0.2) is 44.3 Å². The van der Waals surface area contributed by atoms with Gasteiger partial charge in [0.25, 0.3) is 11.1 Å². The Labute approximate surface area is 154 Å². The molecule has 142 valence electrons. The van der Waals surface area contributed by atoms with E-state index in [1.54, 1.807) is 24.3 Å². The highest BCUT2D eigenvalue weighted by molar-refractivity contribution is 5.85. The zero-order valence-corrected chi connectivity index (χ0v) is 14.8. The van der Waals surface area contributed by atoms with Crippen molar-refractivity contribution in [1.29, 1.82) is 0 Å². The van der Waals surface area contributed by atoms with Crippen molar-refractivity contribution >= 4 is 22.6 Å². The zero-order valence-electron chi connectivity index (χ0n) is 14.8. The number of carboxylic acid groups (broad SMARTS) is 1. The predicted octanol–water partition coefficient (Wildman–Crippen LogP) is 0.792. The molecule has 2 aliphatic rings. The number of carbonyl (C=O) groups is 2. The number of hydrogen-bond acceptors (Lipinski definition) is 4. The number of nitrogens with one attached hydrogen (secondary N) is 1. The first-order valence-corrected chi connectivity index (χ1v) is 9.21. The summed E-state index contributed by atoms with van der Waals surface area (Å²) in [5, 5.41) is 12.7. The minimum Gasteiger partial charge on any atom is -0.480 e. The van der Waals surface area contributed by atoms with Crippen LogP contribution >= 0.6 is 0 Å². The van der Waals surface area contributed by atoms with E-state index >= 15 is 0 Å². The number of carboxylic acids is 1. The summed E-state index contributed by atoms with van der Waals surface area (Å²) >= 11 is 0. The van der Waals surface area contributed by atoms with E-state index in [4.69, 9.17) is 0 Å². The normalized spacial score (nSPS) is 24.3. The van der Waals surface area contributed by atoms with Crippen molar-refractivity contribution in [2.24, 2.45) is 11.8 Å². The molecule has 2 N–H and O–H groups in total. The number of aromatic nitrogens is 2. The molecule has 1 aliphatic carbocycles. The Morgan fingerprint density at radius 3 is 2.63 bits per heavy atom. The summed E-state index contributed by atoms with van der Waals surface area (Å²) in [7, 11) is 0. The molecule has 2 aromatic rings. The van der Waals surface area contributed by atoms with Crippen molar-refractivity contribution in [2.45, 2.75) is 38.3 Å². The zero-order chi connectivity index (χ0) is 19.1. The van der Waals surface area contributed by atoms with Gasteiger partial charge in [-0.1, -0.05) is 18.6 Å². The number of carbonyl (C=O) groups excluding carboxylic acids is 1. The number of rotatable bonds is 4. The van der Waals surface area contributed by atoms with Gasteiger partial charge < -0.3 is 10.0 Å². The standard InChI is InChI=1S/C19H21N3O5/c23-15(21-10-11-4-3-7-12(11)16(21)19(26)27)8-9-22-18(25)14-6-2-1-5-13(14)17(24)20-22/h1-2,5-6,11-12,16H,3-4,7-10H2,(H,20,24)(H,26,27). The lowest BCUT2D eigenvalue weighted by Gasteiger charge is -2.24. The fraction of sp³-hybridized carbons (Fsp3) is 0.474. The molecule has 1 amide bonds. The monoisotopic (exact) mass is 371 g/mol. The van der Waals surface area contributed by atoms with Crippen LogP contribution in [0.2, 0.25) is 0 Å². The first kappa shape index (κ1) is 17.5. The molecule has 2 heterocycles. The van der Waals surface area contributed by atoms with Crippen LogP contribution in [0.5, 0.6) is 0 Å². The Kier molecular flexibility index (Phi) is 4.33. The van der Waals surface area contributed by atoms with Gasteiger partial charge in [0.2, 0.25) is 5.91 Å². The van der Waals surface area contributed by atoms with Crippen LogP contribution in [0, 0.1) is 11.8 Å². The highest BCUT2D eigenvalue weighted by atomic mass is 16.4. The van der Waals surface area contributed by atoms with Gasteiger partial charge in [-0.05, 0) is 36.8 Å². The summed E-state index contributed by atoms with van der Waals surface area (Å²) in [4.78, 5) is 50.5. The molecule has 3 atom stereocenters. The van der Waals surface area contributed by atoms with Gasteiger partial charge in [0, 0.05) is 13.0 Å². The molecule has 2 fully saturated rings. The molecule has 8 heteroatoms. The van der Waals surface area contributed by atoms with E-state index in [1.807, 2.05) is 0 Å². The van der Waals surface area contributed by atoms with Gasteiger partial charge in [-0.2, -0.15) is 0 Å². The number of hydrogen-bond donors (Lipinski definition) is 2. The number of aryl methyl sites for hydroxylation is 1. The maximum atomic E-state index is 12.7. The molecule has 27 heavy (non-hydrogen) atoms. The first-order valence-electron chi connectivity index (χ1n) is 9.21. The average molecular weight is 371 g/mol. The largest absolute Gasteiger partial charge is 0.480 e. The second-order valence-corrected chi connectivity index (χ2v) is 7.38. The van der Waals surface area contributed by atoms with E-state index in [0.717, 1.165) is 23.9 Å². The Morgan fingerprint density at radius 1 is 1.15 bits per heavy atom. The molecule has 0 bridgehead atoms. The Hall–Kier alpha value is -2.90. The Balaban J connectivity index is 1.54. The van der Waals surface area contributed by atoms with Gasteiger partial charge in [0.05, 0.1) is 17.3 Å². The number of H-pyrrole nitrogens is 1. The maximum absolute atomic E-state index is 12.7. The van der Waals surface area contributed by atoms with E-state index in [-0.39, 0.29) is 36.3 Å². The van der Waals surface area contributed by atoms with Crippen molar-refractivity contribution in [2.75, 3.05) is 6.54 Å². The molecule has 1 saturated carbocycles. The van der Waals surface area contributed by atoms with Crippen LogP contribution in [0.3, 0.4) is 0 Å². The minimum absolute atomic E-state index is 0.00983. The lowest BCUT2D eigenvalue weighted by Crippen LogP contribution is -2.44. The summed E-state index contributed by atoms with van der Waals surface area (Å²) < 4.78 is 1.13. The third-order valence-corrected chi connectivity index (χ3v) is 5.90. The molecular formula is C19H21N3O5. The number of aromatic amines is 1. The van der Waals surface area contributed by atoms with Gasteiger partial charge in [0.15, 0.2) is 0 Å². The SMILES string of the molecule is O=C(O)C1C2CCCC2CN1C(=O)CCn1[nH]c(=O)c2ccccc2c1=O. The first-order chi connectivity index (χ1) is 13.0. The van der Waals surface area contributed by atoms with Gasteiger partial charge >= 0.3 is 5.97 Å². The number of amides is 1. The molecule has 0 radical (unpaired) electrons. The van der Waals surface area contributed by atoms with Crippen LogP contribution in [-0.2, 0) is 16.1 Å². The van der Waals surface area contributed by atoms with Crippen molar-refractivity contribution in [3.63, 3.8) is 0 Å². The lowest BCUT2D eigenvalue weighted by molar-refractivity contribution is -0.149. The Morgan fingerprint density at radius 2 is 1.89 bits per heavy atom. The third-order valence-electron chi connectivity index (χ3n) is 5.90. The summed E-state index contributed by atoms with van der Waals surface area (Å²) in [6.45, 7) is 0.472. The van der Waals surface area contributed by atoms with Gasteiger partial charge in [-0.3, -0.25) is 19.5 Å². The summed E-state index contributed by atoms with van der Waals surface area (Å²) in [5.41, 5.74) is -0.761. The van der Waals surface area contributed by atoms with Crippen molar-refractivity contribution < 1.29 is 14.7 Å². The average Bonchev–Trinajstić information content (AvgIpc) is 3.24. The molecule has 8 nitrogen and oxygen atoms in total. The molecule has 4 rings (SSSR count). The Bertz CT molecular complexity index is 1020. The summed E-state index contributed by atoms with van der Waals surface area (Å²) in [6, 6.07) is 5.73. The molecule has 1 aromatic heterocycles. The topological polar surface area (TPSA) is 112 Å². The van der Waals surface area contributed by atoms with Crippen LogP contribution in [0.1, 0.15) is 25.7 Å². The third kappa shape index (κ3) is 2.94. The highest BCUT2D eigenvalue weighted by Crippen LogP contribution is 2.42. The summed E-state index contributed by atoms with van der Waals surface area (Å²) in [6.07, 6.45) is 2.77. The number of aliphatic carboxylic acids is 1. The molecule has 1 aromatic carbocycles. The lowest BCUT2D eigenvalue weighted by atomic mass is 9.94. The fourth-order valence-corrected chi connectivity index (χ4v) is 4.63. The summed E-state index contributed by atoms with van der Waals surface area (Å²) in [5.74, 6) is -0.986. The van der Waals surface area contributed by atoms with E-state index in [9.17, 15) is 24.3 Å². The minimum atomic E-state index is -0.964. The fourth-order valence-electron chi connectivity index (χ4n) is 4.63. The van der Waals surface area contributed by atoms with Crippen LogP contribution in [0.4, 0.5) is 0 Å². The van der Waals surface area contributed by atoms with Gasteiger partial charge in [0.1, 0.15) is 6.04 Å². The van der Waals surface area contributed by atoms with Crippen LogP contribution in [0.25, 0.3) is 10.8 Å². The second-order valence-electron chi connectivity index (χ2n) is 7.38. The number of fused-ring (bicyclic) bond motifs is 2. The smallest absolute Gasteiger partial charge is 0.326 e. The van der Waals surface area contributed by atoms with Crippen LogP contribution in [0.15, 0.2) is 33.9 Å². The quantitative estimate of drug-likeness (QED) is 0.825. The molecular weight excluding hydrogens is 350 g/mol. The van der Waals surface area contributed by atoms with E-state index < -0.39 is 17.6 Å².